The van der Waals surface area contributed by atoms with Crippen LogP contribution in [-0.4, -0.2) is 11.1 Å². The Balaban J connectivity index is 3.20. The fourth-order valence-electron chi connectivity index (χ4n) is 1.32. The van der Waals surface area contributed by atoms with Gasteiger partial charge in [-0.25, -0.2) is 4.79 Å². The fraction of sp³-hybridized carbons (Fsp3) is 0.364. The Morgan fingerprint density at radius 2 is 2.21 bits per heavy atom. The van der Waals surface area contributed by atoms with Gasteiger partial charge < -0.3 is 5.11 Å². The highest BCUT2D eigenvalue weighted by Crippen LogP contribution is 2.26. The van der Waals surface area contributed by atoms with Gasteiger partial charge in [0.05, 0.1) is 5.56 Å². The Kier molecular flexibility index (Phi) is 3.92. The largest absolute Gasteiger partial charge is 0.478 e. The van der Waals surface area contributed by atoms with Crippen LogP contribution in [0, 0.1) is 3.57 Å². The lowest BCUT2D eigenvalue weighted by Crippen LogP contribution is -2.04. The van der Waals surface area contributed by atoms with Gasteiger partial charge in [-0.15, -0.1) is 0 Å². The van der Waals surface area contributed by atoms with Crippen molar-refractivity contribution < 1.29 is 9.90 Å². The van der Waals surface area contributed by atoms with Gasteiger partial charge in [-0.05, 0) is 46.6 Å². The average Bonchev–Trinajstić information content (AvgIpc) is 2.16. The van der Waals surface area contributed by atoms with Gasteiger partial charge in [0, 0.05) is 3.57 Å². The first-order chi connectivity index (χ1) is 6.57. The minimum absolute atomic E-state index is 0.406. The average molecular weight is 304 g/mol. The van der Waals surface area contributed by atoms with Crippen molar-refractivity contribution in [3.63, 3.8) is 0 Å². The van der Waals surface area contributed by atoms with Crippen molar-refractivity contribution in [1.29, 1.82) is 0 Å². The van der Waals surface area contributed by atoms with Crippen molar-refractivity contribution in [1.82, 2.24) is 0 Å². The van der Waals surface area contributed by atoms with Gasteiger partial charge >= 0.3 is 5.97 Å². The summed E-state index contributed by atoms with van der Waals surface area (Å²) in [5, 5.41) is 8.94. The molecule has 0 aliphatic heterocycles. The smallest absolute Gasteiger partial charge is 0.336 e. The van der Waals surface area contributed by atoms with Gasteiger partial charge in [0.15, 0.2) is 0 Å². The van der Waals surface area contributed by atoms with Crippen LogP contribution in [0.15, 0.2) is 18.2 Å². The number of hydrogen-bond acceptors (Lipinski definition) is 1. The zero-order valence-electron chi connectivity index (χ0n) is 8.25. The van der Waals surface area contributed by atoms with Gasteiger partial charge in [-0.3, -0.25) is 0 Å². The summed E-state index contributed by atoms with van der Waals surface area (Å²) >= 11 is 2.11. The minimum Gasteiger partial charge on any atom is -0.478 e. The molecule has 1 rings (SSSR count). The maximum atomic E-state index is 10.9. The van der Waals surface area contributed by atoms with Crippen LogP contribution in [0.1, 0.15) is 42.1 Å². The van der Waals surface area contributed by atoms with Crippen LogP contribution in [0.3, 0.4) is 0 Å². The monoisotopic (exact) mass is 304 g/mol. The molecule has 0 amide bonds. The van der Waals surface area contributed by atoms with Crippen LogP contribution in [-0.2, 0) is 0 Å². The molecule has 1 atom stereocenters. The number of benzene rings is 1. The number of carboxylic acid groups (broad SMARTS) is 1. The predicted octanol–water partition coefficient (Wildman–Crippen LogP) is 3.50. The van der Waals surface area contributed by atoms with E-state index in [0.29, 0.717) is 11.5 Å². The van der Waals surface area contributed by atoms with E-state index in [-0.39, 0.29) is 0 Å². The molecule has 0 saturated carbocycles. The van der Waals surface area contributed by atoms with E-state index in [1.54, 1.807) is 6.07 Å². The molecule has 1 N–H and O–H groups in total. The summed E-state index contributed by atoms with van der Waals surface area (Å²) < 4.78 is 0.868. The molecule has 0 fully saturated rings. The molecular weight excluding hydrogens is 291 g/mol. The number of rotatable bonds is 3. The first kappa shape index (κ1) is 11.5. The summed E-state index contributed by atoms with van der Waals surface area (Å²) in [5.74, 6) is -0.430. The van der Waals surface area contributed by atoms with Gasteiger partial charge in [0.25, 0.3) is 0 Å². The van der Waals surface area contributed by atoms with E-state index in [1.165, 1.54) is 0 Å². The molecular formula is C11H13IO2. The maximum absolute atomic E-state index is 10.9. The SMILES string of the molecule is CCC(C)c1cccc(C(=O)O)c1I. The summed E-state index contributed by atoms with van der Waals surface area (Å²) in [6.07, 6.45) is 1.03. The second-order valence-electron chi connectivity index (χ2n) is 3.32. The van der Waals surface area contributed by atoms with Gasteiger partial charge in [0.2, 0.25) is 0 Å². The minimum atomic E-state index is -0.848. The number of hydrogen-bond donors (Lipinski definition) is 1. The zero-order valence-corrected chi connectivity index (χ0v) is 10.4. The summed E-state index contributed by atoms with van der Waals surface area (Å²) in [5.41, 5.74) is 1.54. The van der Waals surface area contributed by atoms with Gasteiger partial charge in [-0.2, -0.15) is 0 Å². The Bertz CT molecular complexity index is 347. The van der Waals surface area contributed by atoms with Gasteiger partial charge in [0.1, 0.15) is 0 Å². The molecule has 0 aliphatic carbocycles. The molecule has 2 nitrogen and oxygen atoms in total. The molecule has 0 aliphatic rings. The van der Waals surface area contributed by atoms with Crippen LogP contribution < -0.4 is 0 Å². The van der Waals surface area contributed by atoms with E-state index in [1.807, 2.05) is 12.1 Å². The highest BCUT2D eigenvalue weighted by atomic mass is 127. The van der Waals surface area contributed by atoms with Crippen molar-refractivity contribution in [2.24, 2.45) is 0 Å². The normalized spacial score (nSPS) is 12.5. The number of halogens is 1. The Morgan fingerprint density at radius 3 is 2.71 bits per heavy atom. The standard InChI is InChI=1S/C11H13IO2/c1-3-7(2)8-5-4-6-9(10(8)12)11(13)14/h4-7H,3H2,1-2H3,(H,13,14). The van der Waals surface area contributed by atoms with E-state index in [2.05, 4.69) is 36.4 Å². The molecule has 0 bridgehead atoms. The number of carboxylic acids is 1. The molecule has 0 aromatic heterocycles. The van der Waals surface area contributed by atoms with Gasteiger partial charge in [-0.1, -0.05) is 26.0 Å². The third-order valence-electron chi connectivity index (χ3n) is 2.40. The molecule has 0 heterocycles. The van der Waals surface area contributed by atoms with E-state index in [4.69, 9.17) is 5.11 Å². The Labute approximate surface area is 97.5 Å². The third-order valence-corrected chi connectivity index (χ3v) is 3.61. The molecule has 0 spiro atoms. The highest BCUT2D eigenvalue weighted by molar-refractivity contribution is 14.1. The fourth-order valence-corrected chi connectivity index (χ4v) is 2.44. The molecule has 1 unspecified atom stereocenters. The summed E-state index contributed by atoms with van der Waals surface area (Å²) in [6, 6.07) is 5.46. The van der Waals surface area contributed by atoms with E-state index in [9.17, 15) is 4.79 Å². The van der Waals surface area contributed by atoms with Crippen LogP contribution in [0.4, 0.5) is 0 Å². The van der Waals surface area contributed by atoms with Crippen molar-refractivity contribution in [2.45, 2.75) is 26.2 Å². The van der Waals surface area contributed by atoms with Crippen LogP contribution in [0.2, 0.25) is 0 Å². The zero-order chi connectivity index (χ0) is 10.7. The van der Waals surface area contributed by atoms with Crippen LogP contribution >= 0.6 is 22.6 Å². The predicted molar refractivity (Wildman–Crippen MR) is 64.8 cm³/mol. The second kappa shape index (κ2) is 4.77. The molecule has 1 aromatic carbocycles. The highest BCUT2D eigenvalue weighted by Gasteiger charge is 2.14. The topological polar surface area (TPSA) is 37.3 Å². The molecule has 0 radical (unpaired) electrons. The van der Waals surface area contributed by atoms with Crippen molar-refractivity contribution >= 4 is 28.6 Å². The van der Waals surface area contributed by atoms with E-state index < -0.39 is 5.97 Å². The quantitative estimate of drug-likeness (QED) is 0.868. The van der Waals surface area contributed by atoms with Crippen LogP contribution in [0.5, 0.6) is 0 Å². The second-order valence-corrected chi connectivity index (χ2v) is 4.40. The van der Waals surface area contributed by atoms with Crippen molar-refractivity contribution in [3.8, 4) is 0 Å². The lowest BCUT2D eigenvalue weighted by Gasteiger charge is -2.12. The molecule has 0 saturated heterocycles. The van der Waals surface area contributed by atoms with Crippen LogP contribution in [0.25, 0.3) is 0 Å². The first-order valence-corrected chi connectivity index (χ1v) is 5.67. The molecule has 76 valence electrons. The lowest BCUT2D eigenvalue weighted by atomic mass is 9.97. The summed E-state index contributed by atoms with van der Waals surface area (Å²) in [7, 11) is 0. The summed E-state index contributed by atoms with van der Waals surface area (Å²) in [4.78, 5) is 10.9. The maximum Gasteiger partial charge on any atom is 0.336 e. The summed E-state index contributed by atoms with van der Waals surface area (Å²) in [6.45, 7) is 4.22. The Hall–Kier alpha value is -0.580. The number of aromatic carboxylic acids is 1. The Morgan fingerprint density at radius 1 is 1.57 bits per heavy atom. The lowest BCUT2D eigenvalue weighted by molar-refractivity contribution is 0.0695. The molecule has 14 heavy (non-hydrogen) atoms. The van der Waals surface area contributed by atoms with E-state index >= 15 is 0 Å². The van der Waals surface area contributed by atoms with Crippen molar-refractivity contribution in [3.05, 3.63) is 32.9 Å². The van der Waals surface area contributed by atoms with E-state index in [0.717, 1.165) is 15.6 Å². The van der Waals surface area contributed by atoms with Crippen molar-refractivity contribution in [2.75, 3.05) is 0 Å². The molecule has 3 heteroatoms. The molecule has 1 aromatic rings. The first-order valence-electron chi connectivity index (χ1n) is 4.59. The third kappa shape index (κ3) is 2.26. The number of carbonyl (C=O) groups is 1.